The topological polar surface area (TPSA) is 12.4 Å². The number of hydrogen-bond acceptors (Lipinski definition) is 1. The second-order valence-electron chi connectivity index (χ2n) is 3.28. The minimum absolute atomic E-state index is 0.295. The first-order valence-electron chi connectivity index (χ1n) is 4.68. The number of rotatable bonds is 3. The van der Waals surface area contributed by atoms with Crippen molar-refractivity contribution in [2.45, 2.75) is 31.6 Å². The van der Waals surface area contributed by atoms with Crippen LogP contribution < -0.4 is 0 Å². The number of nitrogens with zero attached hydrogens (tertiary/aromatic N) is 1. The molecule has 0 radical (unpaired) electrons. The highest BCUT2D eigenvalue weighted by Crippen LogP contribution is 2.43. The van der Waals surface area contributed by atoms with Crippen LogP contribution in [0.5, 0.6) is 0 Å². The van der Waals surface area contributed by atoms with E-state index in [9.17, 15) is 39.5 Å². The van der Waals surface area contributed by atoms with Gasteiger partial charge in [0, 0.05) is 7.05 Å². The van der Waals surface area contributed by atoms with Crippen LogP contribution in [-0.2, 0) is 0 Å². The molecule has 19 heavy (non-hydrogen) atoms. The number of allylic oxidation sites excluding steroid dienone is 2. The van der Waals surface area contributed by atoms with Crippen LogP contribution >= 0.6 is 0 Å². The van der Waals surface area contributed by atoms with Gasteiger partial charge in [0.2, 0.25) is 0 Å². The standard InChI is InChI=1S/C9H8F9N/c1-3-4(10)5(8(13,14)15)6(19-2)7(11,12)9(16,17)18/h3H2,1-2H3/b5-4-,19-6?. The lowest BCUT2D eigenvalue weighted by atomic mass is 10.0. The Morgan fingerprint density at radius 2 is 1.37 bits per heavy atom. The number of halogens is 9. The highest BCUT2D eigenvalue weighted by molar-refractivity contribution is 6.07. The van der Waals surface area contributed by atoms with Gasteiger partial charge in [-0.05, 0) is 6.42 Å². The maximum Gasteiger partial charge on any atom is 0.459 e. The van der Waals surface area contributed by atoms with Crippen molar-refractivity contribution in [2.75, 3.05) is 7.05 Å². The zero-order chi connectivity index (χ0) is 15.6. The molecule has 0 aromatic carbocycles. The Hall–Kier alpha value is -1.22. The van der Waals surface area contributed by atoms with Gasteiger partial charge in [0.15, 0.2) is 0 Å². The van der Waals surface area contributed by atoms with Crippen LogP contribution in [-0.4, -0.2) is 31.0 Å². The van der Waals surface area contributed by atoms with Crippen LogP contribution in [0.25, 0.3) is 0 Å². The molecule has 0 bridgehead atoms. The Labute approximate surface area is 101 Å². The summed E-state index contributed by atoms with van der Waals surface area (Å²) in [6, 6.07) is 0. The van der Waals surface area contributed by atoms with Crippen LogP contribution in [0.15, 0.2) is 16.4 Å². The fourth-order valence-corrected chi connectivity index (χ4v) is 1.14. The second kappa shape index (κ2) is 5.41. The summed E-state index contributed by atoms with van der Waals surface area (Å²) in [5.74, 6) is -8.05. The number of aliphatic imine (C=N–C) groups is 1. The Balaban J connectivity index is 6.12. The monoisotopic (exact) mass is 301 g/mol. The van der Waals surface area contributed by atoms with Gasteiger partial charge in [0.05, 0.1) is 0 Å². The molecule has 10 heteroatoms. The van der Waals surface area contributed by atoms with E-state index in [1.165, 1.54) is 0 Å². The van der Waals surface area contributed by atoms with Crippen molar-refractivity contribution in [3.8, 4) is 0 Å². The predicted octanol–water partition coefficient (Wildman–Crippen LogP) is 4.45. The average Bonchev–Trinajstić information content (AvgIpc) is 2.20. The van der Waals surface area contributed by atoms with E-state index in [-0.39, 0.29) is 0 Å². The summed E-state index contributed by atoms with van der Waals surface area (Å²) in [6.45, 7) is 0.833. The van der Waals surface area contributed by atoms with Crippen molar-refractivity contribution in [2.24, 2.45) is 4.99 Å². The molecule has 0 fully saturated rings. The van der Waals surface area contributed by atoms with Crippen LogP contribution in [0, 0.1) is 0 Å². The molecule has 0 heterocycles. The SMILES string of the molecule is CC/C(F)=C(\C(=NC)C(F)(F)C(F)(F)F)C(F)(F)F. The molecule has 1 nitrogen and oxygen atoms in total. The predicted molar refractivity (Wildman–Crippen MR) is 48.8 cm³/mol. The fraction of sp³-hybridized carbons (Fsp3) is 0.667. The van der Waals surface area contributed by atoms with E-state index in [4.69, 9.17) is 0 Å². The highest BCUT2D eigenvalue weighted by Gasteiger charge is 2.64. The summed E-state index contributed by atoms with van der Waals surface area (Å²) >= 11 is 0. The van der Waals surface area contributed by atoms with Crippen LogP contribution in [0.4, 0.5) is 39.5 Å². The van der Waals surface area contributed by atoms with E-state index in [0.29, 0.717) is 7.05 Å². The number of hydrogen-bond donors (Lipinski definition) is 0. The van der Waals surface area contributed by atoms with Gasteiger partial charge >= 0.3 is 18.3 Å². The van der Waals surface area contributed by atoms with Crippen molar-refractivity contribution in [3.63, 3.8) is 0 Å². The largest absolute Gasteiger partial charge is 0.459 e. The molecule has 0 amide bonds. The van der Waals surface area contributed by atoms with E-state index in [1.54, 1.807) is 0 Å². The molecule has 0 saturated carbocycles. The third-order valence-electron chi connectivity index (χ3n) is 1.98. The van der Waals surface area contributed by atoms with E-state index in [0.717, 1.165) is 6.92 Å². The molecule has 0 rings (SSSR count). The molecule has 0 atom stereocenters. The highest BCUT2D eigenvalue weighted by atomic mass is 19.4. The third-order valence-corrected chi connectivity index (χ3v) is 1.98. The molecule has 0 aliphatic rings. The quantitative estimate of drug-likeness (QED) is 0.539. The summed E-state index contributed by atoms with van der Waals surface area (Å²) in [4.78, 5) is 2.29. The van der Waals surface area contributed by atoms with Gasteiger partial charge in [-0.2, -0.15) is 35.1 Å². The first kappa shape index (κ1) is 17.8. The first-order valence-corrected chi connectivity index (χ1v) is 4.68. The lowest BCUT2D eigenvalue weighted by Gasteiger charge is -2.24. The van der Waals surface area contributed by atoms with Crippen molar-refractivity contribution < 1.29 is 39.5 Å². The summed E-state index contributed by atoms with van der Waals surface area (Å²) in [7, 11) is 0.295. The molecule has 0 unspecified atom stereocenters. The summed E-state index contributed by atoms with van der Waals surface area (Å²) in [5, 5.41) is 0. The van der Waals surface area contributed by atoms with Gasteiger partial charge in [0.1, 0.15) is 17.1 Å². The first-order chi connectivity index (χ1) is 8.30. The maximum absolute atomic E-state index is 13.0. The average molecular weight is 301 g/mol. The molecule has 0 aromatic heterocycles. The maximum atomic E-state index is 13.0. The third kappa shape index (κ3) is 3.63. The molecular weight excluding hydrogens is 293 g/mol. The minimum Gasteiger partial charge on any atom is -0.286 e. The van der Waals surface area contributed by atoms with Crippen LogP contribution in [0.3, 0.4) is 0 Å². The van der Waals surface area contributed by atoms with Crippen molar-refractivity contribution >= 4 is 5.71 Å². The van der Waals surface area contributed by atoms with E-state index < -0.39 is 41.8 Å². The molecule has 0 aliphatic carbocycles. The van der Waals surface area contributed by atoms with Crippen LogP contribution in [0.1, 0.15) is 13.3 Å². The van der Waals surface area contributed by atoms with Gasteiger partial charge in [-0.1, -0.05) is 6.92 Å². The molecule has 0 N–H and O–H groups in total. The van der Waals surface area contributed by atoms with Gasteiger partial charge in [-0.3, -0.25) is 4.99 Å². The van der Waals surface area contributed by atoms with Gasteiger partial charge in [0.25, 0.3) is 0 Å². The lowest BCUT2D eigenvalue weighted by molar-refractivity contribution is -0.249. The van der Waals surface area contributed by atoms with Crippen molar-refractivity contribution in [3.05, 3.63) is 11.4 Å². The van der Waals surface area contributed by atoms with Crippen molar-refractivity contribution in [1.82, 2.24) is 0 Å². The number of alkyl halides is 8. The minimum atomic E-state index is -6.31. The summed E-state index contributed by atoms with van der Waals surface area (Å²) < 4.78 is 112. The van der Waals surface area contributed by atoms with Gasteiger partial charge in [-0.15, -0.1) is 0 Å². The molecule has 0 aromatic rings. The summed E-state index contributed by atoms with van der Waals surface area (Å²) in [6.07, 6.45) is -13.0. The molecule has 112 valence electrons. The molecule has 0 saturated heterocycles. The van der Waals surface area contributed by atoms with Crippen LogP contribution in [0.2, 0.25) is 0 Å². The van der Waals surface area contributed by atoms with Gasteiger partial charge in [-0.25, -0.2) is 4.39 Å². The second-order valence-corrected chi connectivity index (χ2v) is 3.28. The van der Waals surface area contributed by atoms with Crippen molar-refractivity contribution in [1.29, 1.82) is 0 Å². The van der Waals surface area contributed by atoms with E-state index >= 15 is 0 Å². The molecule has 0 spiro atoms. The smallest absolute Gasteiger partial charge is 0.286 e. The fourth-order valence-electron chi connectivity index (χ4n) is 1.14. The normalized spacial score (nSPS) is 16.5. The Morgan fingerprint density at radius 1 is 0.947 bits per heavy atom. The lowest BCUT2D eigenvalue weighted by Crippen LogP contribution is -2.47. The Bertz CT molecular complexity index is 385. The van der Waals surface area contributed by atoms with E-state index in [1.807, 2.05) is 0 Å². The zero-order valence-electron chi connectivity index (χ0n) is 9.56. The molecular formula is C9H8F9N. The molecule has 0 aliphatic heterocycles. The zero-order valence-corrected chi connectivity index (χ0v) is 9.56. The van der Waals surface area contributed by atoms with Gasteiger partial charge < -0.3 is 0 Å². The Morgan fingerprint density at radius 3 is 1.58 bits per heavy atom. The summed E-state index contributed by atoms with van der Waals surface area (Å²) in [5.41, 5.74) is -5.38. The Kier molecular flexibility index (Phi) is 5.07. The van der Waals surface area contributed by atoms with E-state index in [2.05, 4.69) is 4.99 Å².